The summed E-state index contributed by atoms with van der Waals surface area (Å²) in [4.78, 5) is 25.9. The minimum Gasteiger partial charge on any atom is -0.321 e. The van der Waals surface area contributed by atoms with E-state index in [0.29, 0.717) is 16.3 Å². The smallest absolute Gasteiger partial charge is 0.305 e. The van der Waals surface area contributed by atoms with E-state index in [1.165, 1.54) is 0 Å². The van der Waals surface area contributed by atoms with E-state index in [1.54, 1.807) is 13.0 Å². The Morgan fingerprint density at radius 1 is 1.39 bits per heavy atom. The Labute approximate surface area is 116 Å². The fourth-order valence-corrected chi connectivity index (χ4v) is 2.52. The molecule has 0 fully saturated rings. The number of hydrogen-bond acceptors (Lipinski definition) is 3. The van der Waals surface area contributed by atoms with E-state index in [1.807, 2.05) is 19.1 Å². The Morgan fingerprint density at radius 2 is 2.11 bits per heavy atom. The van der Waals surface area contributed by atoms with Gasteiger partial charge in [0.05, 0.1) is 0 Å². The summed E-state index contributed by atoms with van der Waals surface area (Å²) in [6, 6.07) is 5.55. The van der Waals surface area contributed by atoms with Gasteiger partial charge in [-0.05, 0) is 37.6 Å². The molecule has 2 rings (SSSR count). The number of anilines is 1. The lowest BCUT2D eigenvalue weighted by Gasteiger charge is -2.06. The minimum atomic E-state index is -0.266. The lowest BCUT2D eigenvalue weighted by molar-refractivity contribution is 0.103. The summed E-state index contributed by atoms with van der Waals surface area (Å²) in [5.74, 6) is -0.266. The molecule has 1 aromatic heterocycles. The molecule has 6 heteroatoms. The van der Waals surface area contributed by atoms with Crippen LogP contribution in [0.1, 0.15) is 20.9 Å². The molecule has 2 aromatic rings. The van der Waals surface area contributed by atoms with Gasteiger partial charge in [0, 0.05) is 15.9 Å². The van der Waals surface area contributed by atoms with Gasteiger partial charge in [-0.1, -0.05) is 27.3 Å². The summed E-state index contributed by atoms with van der Waals surface area (Å²) in [6.07, 6.45) is 0. The predicted octanol–water partition coefficient (Wildman–Crippen LogP) is 3.07. The molecule has 0 unspecified atom stereocenters. The molecule has 1 amide bonds. The Bertz CT molecular complexity index is 660. The van der Waals surface area contributed by atoms with E-state index in [4.69, 9.17) is 0 Å². The van der Waals surface area contributed by atoms with Crippen LogP contribution >= 0.6 is 27.3 Å². The second-order valence-electron chi connectivity index (χ2n) is 3.89. The molecule has 4 nitrogen and oxygen atoms in total. The number of aryl methyl sites for hydroxylation is 2. The average molecular weight is 327 g/mol. The van der Waals surface area contributed by atoms with Crippen molar-refractivity contribution in [2.75, 3.05) is 5.32 Å². The number of halogens is 1. The van der Waals surface area contributed by atoms with E-state index in [2.05, 4.69) is 26.2 Å². The summed E-state index contributed by atoms with van der Waals surface area (Å²) in [6.45, 7) is 3.65. The number of amides is 1. The fraction of sp³-hybridized carbons (Fsp3) is 0.167. The Morgan fingerprint density at radius 3 is 2.67 bits per heavy atom. The van der Waals surface area contributed by atoms with Gasteiger partial charge in [0.15, 0.2) is 0 Å². The normalized spacial score (nSPS) is 10.4. The molecule has 94 valence electrons. The number of aromatic amines is 1. The summed E-state index contributed by atoms with van der Waals surface area (Å²) in [5.41, 5.74) is 2.34. The predicted molar refractivity (Wildman–Crippen MR) is 76.5 cm³/mol. The van der Waals surface area contributed by atoms with Crippen molar-refractivity contribution in [3.05, 3.63) is 48.5 Å². The van der Waals surface area contributed by atoms with E-state index in [-0.39, 0.29) is 10.8 Å². The molecule has 0 saturated carbocycles. The summed E-state index contributed by atoms with van der Waals surface area (Å²) < 4.78 is 0.989. The molecule has 0 spiro atoms. The number of benzene rings is 1. The highest BCUT2D eigenvalue weighted by Gasteiger charge is 2.13. The lowest BCUT2D eigenvalue weighted by atomic mass is 10.2. The first-order valence-corrected chi connectivity index (χ1v) is 6.85. The highest BCUT2D eigenvalue weighted by molar-refractivity contribution is 9.10. The molecule has 1 heterocycles. The van der Waals surface area contributed by atoms with Gasteiger partial charge in [-0.2, -0.15) is 0 Å². The molecule has 18 heavy (non-hydrogen) atoms. The largest absolute Gasteiger partial charge is 0.321 e. The van der Waals surface area contributed by atoms with Crippen LogP contribution in [-0.2, 0) is 0 Å². The van der Waals surface area contributed by atoms with Crippen molar-refractivity contribution in [1.29, 1.82) is 0 Å². The highest BCUT2D eigenvalue weighted by atomic mass is 79.9. The number of carbonyl (C=O) groups is 1. The molecule has 0 aliphatic carbocycles. The van der Waals surface area contributed by atoms with Gasteiger partial charge in [0.25, 0.3) is 5.91 Å². The average Bonchev–Trinajstić information content (AvgIpc) is 2.63. The van der Waals surface area contributed by atoms with Gasteiger partial charge >= 0.3 is 4.87 Å². The maximum atomic E-state index is 12.0. The molecule has 0 saturated heterocycles. The van der Waals surface area contributed by atoms with Crippen LogP contribution in [0.15, 0.2) is 27.5 Å². The van der Waals surface area contributed by atoms with Crippen LogP contribution in [0.4, 0.5) is 5.69 Å². The van der Waals surface area contributed by atoms with Crippen molar-refractivity contribution >= 4 is 38.9 Å². The molecule has 0 atom stereocenters. The number of hydrogen-bond donors (Lipinski definition) is 2. The first-order chi connectivity index (χ1) is 8.47. The minimum absolute atomic E-state index is 0.218. The third-order valence-electron chi connectivity index (χ3n) is 2.45. The van der Waals surface area contributed by atoms with Gasteiger partial charge in [0.2, 0.25) is 0 Å². The maximum Gasteiger partial charge on any atom is 0.305 e. The number of aromatic nitrogens is 1. The third-order valence-corrected chi connectivity index (χ3v) is 4.32. The van der Waals surface area contributed by atoms with Gasteiger partial charge in [-0.3, -0.25) is 9.59 Å². The van der Waals surface area contributed by atoms with Crippen LogP contribution < -0.4 is 10.2 Å². The van der Waals surface area contributed by atoms with Crippen LogP contribution in [-0.4, -0.2) is 10.9 Å². The Kier molecular flexibility index (Phi) is 3.68. The molecule has 0 aliphatic heterocycles. The lowest BCUT2D eigenvalue weighted by Crippen LogP contribution is -2.11. The maximum absolute atomic E-state index is 12.0. The van der Waals surface area contributed by atoms with Crippen molar-refractivity contribution in [2.24, 2.45) is 0 Å². The molecule has 2 N–H and O–H groups in total. The quantitative estimate of drug-likeness (QED) is 0.890. The van der Waals surface area contributed by atoms with Crippen molar-refractivity contribution in [3.63, 3.8) is 0 Å². The van der Waals surface area contributed by atoms with Crippen LogP contribution in [0.25, 0.3) is 0 Å². The topological polar surface area (TPSA) is 62.0 Å². The number of nitrogens with one attached hydrogen (secondary N) is 2. The van der Waals surface area contributed by atoms with Crippen molar-refractivity contribution in [1.82, 2.24) is 4.98 Å². The number of carbonyl (C=O) groups excluding carboxylic acids is 1. The number of rotatable bonds is 2. The molecule has 1 aromatic carbocycles. The van der Waals surface area contributed by atoms with Crippen LogP contribution in [0.2, 0.25) is 0 Å². The van der Waals surface area contributed by atoms with E-state index in [9.17, 15) is 9.59 Å². The number of H-pyrrole nitrogens is 1. The van der Waals surface area contributed by atoms with E-state index in [0.717, 1.165) is 21.4 Å². The van der Waals surface area contributed by atoms with Gasteiger partial charge in [-0.15, -0.1) is 0 Å². The summed E-state index contributed by atoms with van der Waals surface area (Å²) in [7, 11) is 0. The van der Waals surface area contributed by atoms with Crippen molar-refractivity contribution in [3.8, 4) is 0 Å². The first-order valence-electron chi connectivity index (χ1n) is 5.24. The highest BCUT2D eigenvalue weighted by Crippen LogP contribution is 2.21. The second kappa shape index (κ2) is 5.07. The molecule has 0 bridgehead atoms. The SMILES string of the molecule is Cc1cc(NC(=O)c2sc(=O)[nH]c2C)ccc1Br. The fourth-order valence-electron chi connectivity index (χ4n) is 1.53. The zero-order valence-electron chi connectivity index (χ0n) is 9.83. The zero-order valence-corrected chi connectivity index (χ0v) is 12.2. The van der Waals surface area contributed by atoms with Crippen LogP contribution in [0.3, 0.4) is 0 Å². The molecule has 0 aliphatic rings. The molecule has 0 radical (unpaired) electrons. The van der Waals surface area contributed by atoms with Crippen LogP contribution in [0, 0.1) is 13.8 Å². The van der Waals surface area contributed by atoms with Gasteiger partial charge < -0.3 is 10.3 Å². The summed E-state index contributed by atoms with van der Waals surface area (Å²) >= 11 is 4.32. The molecular formula is C12H11BrN2O2S. The molecular weight excluding hydrogens is 316 g/mol. The monoisotopic (exact) mass is 326 g/mol. The van der Waals surface area contributed by atoms with E-state index < -0.39 is 0 Å². The second-order valence-corrected chi connectivity index (χ2v) is 5.72. The van der Waals surface area contributed by atoms with Gasteiger partial charge in [-0.25, -0.2) is 0 Å². The Balaban J connectivity index is 2.24. The number of thiazole rings is 1. The van der Waals surface area contributed by atoms with E-state index >= 15 is 0 Å². The van der Waals surface area contributed by atoms with Crippen molar-refractivity contribution in [2.45, 2.75) is 13.8 Å². The van der Waals surface area contributed by atoms with Gasteiger partial charge in [0.1, 0.15) is 4.88 Å². The zero-order chi connectivity index (χ0) is 13.3. The first kappa shape index (κ1) is 13.0. The summed E-state index contributed by atoms with van der Waals surface area (Å²) in [5, 5.41) is 2.77. The van der Waals surface area contributed by atoms with Crippen molar-refractivity contribution < 1.29 is 4.79 Å². The van der Waals surface area contributed by atoms with Crippen LogP contribution in [0.5, 0.6) is 0 Å². The third kappa shape index (κ3) is 2.70. The Hall–Kier alpha value is -1.40. The standard InChI is InChI=1S/C12H11BrN2O2S/c1-6-5-8(3-4-9(6)13)15-11(16)10-7(2)14-12(17)18-10/h3-5H,1-2H3,(H,14,17)(H,15,16).